The van der Waals surface area contributed by atoms with Gasteiger partial charge in [-0.2, -0.15) is 0 Å². The summed E-state index contributed by atoms with van der Waals surface area (Å²) in [6, 6.07) is 10.7. The normalized spacial score (nSPS) is 11.0. The van der Waals surface area contributed by atoms with Crippen LogP contribution in [0.25, 0.3) is 0 Å². The maximum Gasteiger partial charge on any atom is 0.489 e. The molecule has 0 aliphatic heterocycles. The molecular weight excluding hydrogens is 328 g/mol. The number of hydrogen-bond acceptors (Lipinski definition) is 5. The Balaban J connectivity index is 2.27. The number of carbonyl (C=O) groups excluding carboxylic acids is 2. The molecule has 0 bridgehead atoms. The van der Waals surface area contributed by atoms with Crippen LogP contribution in [0.15, 0.2) is 42.5 Å². The van der Waals surface area contributed by atoms with Gasteiger partial charge in [0.05, 0.1) is 0 Å². The lowest BCUT2D eigenvalue weighted by Crippen LogP contribution is -2.33. The third-order valence-electron chi connectivity index (χ3n) is 3.48. The van der Waals surface area contributed by atoms with E-state index in [0.29, 0.717) is 17.3 Å². The van der Waals surface area contributed by atoms with E-state index >= 15 is 0 Å². The van der Waals surface area contributed by atoms with Crippen LogP contribution in [0.1, 0.15) is 20.7 Å². The summed E-state index contributed by atoms with van der Waals surface area (Å²) in [5.74, 6) is -0.462. The van der Waals surface area contributed by atoms with Crippen LogP contribution in [0, 0.1) is 0 Å². The highest BCUT2D eigenvalue weighted by Gasteiger charge is 2.18. The second-order valence-electron chi connectivity index (χ2n) is 5.69. The molecule has 1 amide bonds. The molecule has 0 atom stereocenters. The molecule has 8 heteroatoms. The van der Waals surface area contributed by atoms with Crippen LogP contribution in [-0.2, 0) is 4.57 Å². The fourth-order valence-electron chi connectivity index (χ4n) is 2.18. The molecule has 0 radical (unpaired) electrons. The van der Waals surface area contributed by atoms with Crippen LogP contribution in [-0.4, -0.2) is 42.7 Å². The molecular formula is C16H17BNO5P. The topological polar surface area (TPSA) is 104 Å². The summed E-state index contributed by atoms with van der Waals surface area (Å²) in [5.41, 5.74) is 0.739. The van der Waals surface area contributed by atoms with E-state index in [0.717, 1.165) is 0 Å². The third kappa shape index (κ3) is 4.20. The van der Waals surface area contributed by atoms with E-state index < -0.39 is 20.2 Å². The monoisotopic (exact) mass is 345 g/mol. The van der Waals surface area contributed by atoms with Gasteiger partial charge < -0.3 is 19.9 Å². The number of amides is 1. The van der Waals surface area contributed by atoms with E-state index in [-0.39, 0.29) is 16.6 Å². The van der Waals surface area contributed by atoms with Crippen molar-refractivity contribution >= 4 is 42.9 Å². The Morgan fingerprint density at radius 2 is 1.88 bits per heavy atom. The number of aldehydes is 1. The number of rotatable bonds is 5. The van der Waals surface area contributed by atoms with Crippen LogP contribution in [0.3, 0.4) is 0 Å². The fraction of sp³-hybridized carbons (Fsp3) is 0.125. The van der Waals surface area contributed by atoms with E-state index in [9.17, 15) is 24.2 Å². The van der Waals surface area contributed by atoms with Crippen molar-refractivity contribution in [3.05, 3.63) is 53.6 Å². The van der Waals surface area contributed by atoms with Crippen LogP contribution in [0.5, 0.6) is 0 Å². The molecule has 124 valence electrons. The van der Waals surface area contributed by atoms with Crippen molar-refractivity contribution in [2.24, 2.45) is 0 Å². The van der Waals surface area contributed by atoms with Gasteiger partial charge in [0.1, 0.15) is 13.4 Å². The number of carbonyl (C=O) groups is 2. The van der Waals surface area contributed by atoms with Gasteiger partial charge in [-0.3, -0.25) is 9.59 Å². The molecule has 2 aromatic rings. The highest BCUT2D eigenvalue weighted by Crippen LogP contribution is 2.35. The third-order valence-corrected chi connectivity index (χ3v) is 5.00. The van der Waals surface area contributed by atoms with Crippen molar-refractivity contribution in [2.45, 2.75) is 0 Å². The first-order valence-electron chi connectivity index (χ1n) is 7.14. The zero-order valence-electron chi connectivity index (χ0n) is 13.3. The Bertz CT molecular complexity index is 831. The summed E-state index contributed by atoms with van der Waals surface area (Å²) >= 11 is 0. The van der Waals surface area contributed by atoms with Crippen LogP contribution >= 0.6 is 7.14 Å². The standard InChI is InChI=1S/C16H17BNO5P/c1-24(2,23)14-5-3-4-13(9-14)18-16(20)11-6-7-15(17(21)22)12(8-11)10-19/h3-10,21-22H,1-2H3,(H,18,20). The Morgan fingerprint density at radius 1 is 1.17 bits per heavy atom. The minimum absolute atomic E-state index is 0.0259. The van der Waals surface area contributed by atoms with Gasteiger partial charge in [0, 0.05) is 22.1 Å². The molecule has 0 spiro atoms. The average Bonchev–Trinajstić information content (AvgIpc) is 2.53. The van der Waals surface area contributed by atoms with Crippen molar-refractivity contribution in [2.75, 3.05) is 18.6 Å². The van der Waals surface area contributed by atoms with E-state index in [1.807, 2.05) is 0 Å². The minimum Gasteiger partial charge on any atom is -0.423 e. The molecule has 0 aromatic heterocycles. The molecule has 2 aromatic carbocycles. The second kappa shape index (κ2) is 7.13. The molecule has 0 aliphatic carbocycles. The first-order chi connectivity index (χ1) is 11.2. The smallest absolute Gasteiger partial charge is 0.423 e. The number of nitrogens with one attached hydrogen (secondary N) is 1. The van der Waals surface area contributed by atoms with Crippen molar-refractivity contribution in [3.8, 4) is 0 Å². The number of benzene rings is 2. The van der Waals surface area contributed by atoms with Crippen molar-refractivity contribution in [1.29, 1.82) is 0 Å². The van der Waals surface area contributed by atoms with Crippen molar-refractivity contribution < 1.29 is 24.2 Å². The summed E-state index contributed by atoms with van der Waals surface area (Å²) in [5, 5.41) is 21.7. The van der Waals surface area contributed by atoms with Gasteiger partial charge in [0.25, 0.3) is 5.91 Å². The lowest BCUT2D eigenvalue weighted by Gasteiger charge is -2.11. The van der Waals surface area contributed by atoms with Crippen LogP contribution < -0.4 is 16.1 Å². The highest BCUT2D eigenvalue weighted by atomic mass is 31.2. The molecule has 0 heterocycles. The Hall–Kier alpha value is -2.21. The van der Waals surface area contributed by atoms with E-state index in [1.165, 1.54) is 18.2 Å². The summed E-state index contributed by atoms with van der Waals surface area (Å²) in [4.78, 5) is 23.3. The van der Waals surface area contributed by atoms with Gasteiger partial charge in [-0.1, -0.05) is 18.2 Å². The summed E-state index contributed by atoms with van der Waals surface area (Å²) in [7, 11) is -4.23. The molecule has 3 N–H and O–H groups in total. The van der Waals surface area contributed by atoms with Gasteiger partial charge in [-0.25, -0.2) is 0 Å². The second-order valence-corrected chi connectivity index (χ2v) is 8.91. The summed E-state index contributed by atoms with van der Waals surface area (Å²) in [6.07, 6.45) is 0.455. The molecule has 6 nitrogen and oxygen atoms in total. The molecule has 0 saturated heterocycles. The van der Waals surface area contributed by atoms with E-state index in [4.69, 9.17) is 0 Å². The first kappa shape index (κ1) is 18.1. The van der Waals surface area contributed by atoms with Crippen LogP contribution in [0.4, 0.5) is 5.69 Å². The van der Waals surface area contributed by atoms with Gasteiger partial charge in [-0.05, 0) is 43.1 Å². The zero-order valence-corrected chi connectivity index (χ0v) is 14.2. The van der Waals surface area contributed by atoms with Gasteiger partial charge in [0.15, 0.2) is 0 Å². The maximum atomic E-state index is 12.3. The number of anilines is 1. The molecule has 0 aliphatic rings. The average molecular weight is 345 g/mol. The van der Waals surface area contributed by atoms with Gasteiger partial charge in [-0.15, -0.1) is 0 Å². The largest absolute Gasteiger partial charge is 0.489 e. The van der Waals surface area contributed by atoms with Crippen molar-refractivity contribution in [1.82, 2.24) is 0 Å². The fourth-order valence-corrected chi connectivity index (χ4v) is 3.07. The molecule has 2 rings (SSSR count). The number of hydrogen-bond donors (Lipinski definition) is 3. The minimum atomic E-state index is -2.44. The predicted molar refractivity (Wildman–Crippen MR) is 95.1 cm³/mol. The summed E-state index contributed by atoms with van der Waals surface area (Å²) < 4.78 is 12.1. The lowest BCUT2D eigenvalue weighted by molar-refractivity contribution is 0.102. The molecule has 0 fully saturated rings. The molecule has 0 saturated carbocycles. The lowest BCUT2D eigenvalue weighted by atomic mass is 9.77. The predicted octanol–water partition coefficient (Wildman–Crippen LogP) is 0.679. The molecule has 24 heavy (non-hydrogen) atoms. The first-order valence-corrected chi connectivity index (χ1v) is 9.74. The summed E-state index contributed by atoms with van der Waals surface area (Å²) in [6.45, 7) is 3.28. The Kier molecular flexibility index (Phi) is 5.39. The van der Waals surface area contributed by atoms with Gasteiger partial charge in [0.2, 0.25) is 0 Å². The van der Waals surface area contributed by atoms with Crippen LogP contribution in [0.2, 0.25) is 0 Å². The Morgan fingerprint density at radius 3 is 2.46 bits per heavy atom. The van der Waals surface area contributed by atoms with Crippen molar-refractivity contribution in [3.63, 3.8) is 0 Å². The Labute approximate surface area is 140 Å². The SMILES string of the molecule is CP(C)(=O)c1cccc(NC(=O)c2ccc(B(O)O)c(C=O)c2)c1. The molecule has 0 unspecified atom stereocenters. The maximum absolute atomic E-state index is 12.3. The quantitative estimate of drug-likeness (QED) is 0.420. The van der Waals surface area contributed by atoms with Gasteiger partial charge >= 0.3 is 7.12 Å². The highest BCUT2D eigenvalue weighted by molar-refractivity contribution is 7.70. The zero-order chi connectivity index (χ0) is 17.9. The van der Waals surface area contributed by atoms with E-state index in [2.05, 4.69) is 5.32 Å². The van der Waals surface area contributed by atoms with E-state index in [1.54, 1.807) is 37.6 Å².